The third kappa shape index (κ3) is 3.90. The number of nitrogens with one attached hydrogen (secondary N) is 1. The number of rotatable bonds is 5. The van der Waals surface area contributed by atoms with Gasteiger partial charge < -0.3 is 19.7 Å². The lowest BCUT2D eigenvalue weighted by Gasteiger charge is -2.37. The summed E-state index contributed by atoms with van der Waals surface area (Å²) in [5.74, 6) is 0.409. The fourth-order valence-corrected chi connectivity index (χ4v) is 4.03. The van der Waals surface area contributed by atoms with E-state index in [0.717, 1.165) is 45.6 Å². The third-order valence-corrected chi connectivity index (χ3v) is 5.49. The van der Waals surface area contributed by atoms with Crippen molar-refractivity contribution < 1.29 is 14.3 Å². The van der Waals surface area contributed by atoms with Crippen molar-refractivity contribution in [2.45, 2.75) is 19.3 Å². The van der Waals surface area contributed by atoms with Gasteiger partial charge in [0, 0.05) is 45.9 Å². The summed E-state index contributed by atoms with van der Waals surface area (Å²) < 4.78 is 11.0. The van der Waals surface area contributed by atoms with Gasteiger partial charge in [0.15, 0.2) is 0 Å². The lowest BCUT2D eigenvalue weighted by Crippen LogP contribution is -2.42. The van der Waals surface area contributed by atoms with Crippen molar-refractivity contribution in [3.8, 4) is 0 Å². The van der Waals surface area contributed by atoms with Crippen LogP contribution in [0.25, 0.3) is 0 Å². The molecule has 0 bridgehead atoms. The number of hydrogen-bond acceptors (Lipinski definition) is 3. The molecular formula is C19H28N2O3. The van der Waals surface area contributed by atoms with Crippen LogP contribution in [0.4, 0.5) is 4.79 Å². The van der Waals surface area contributed by atoms with Crippen molar-refractivity contribution in [1.29, 1.82) is 0 Å². The Balaban J connectivity index is 1.53. The van der Waals surface area contributed by atoms with Crippen molar-refractivity contribution in [2.75, 3.05) is 46.6 Å². The highest BCUT2D eigenvalue weighted by Crippen LogP contribution is 2.44. The third-order valence-electron chi connectivity index (χ3n) is 5.49. The molecule has 24 heavy (non-hydrogen) atoms. The van der Waals surface area contributed by atoms with Gasteiger partial charge in [0.1, 0.15) is 0 Å². The number of likely N-dealkylation sites (tertiary alicyclic amines) is 1. The average molecular weight is 332 g/mol. The highest BCUT2D eigenvalue weighted by Gasteiger charge is 2.48. The second-order valence-electron chi connectivity index (χ2n) is 6.98. The van der Waals surface area contributed by atoms with Crippen LogP contribution in [0, 0.1) is 11.3 Å². The molecule has 1 aromatic carbocycles. The normalized spacial score (nSPS) is 22.7. The molecule has 2 heterocycles. The smallest absolute Gasteiger partial charge is 0.317 e. The van der Waals surface area contributed by atoms with Crippen molar-refractivity contribution >= 4 is 6.03 Å². The molecule has 3 rings (SSSR count). The second kappa shape index (κ2) is 7.99. The summed E-state index contributed by atoms with van der Waals surface area (Å²) in [5, 5.41) is 3.07. The molecule has 1 N–H and O–H groups in total. The molecule has 5 heteroatoms. The Labute approximate surface area is 144 Å². The molecule has 2 fully saturated rings. The SMILES string of the molecule is COCC1CN(C(=O)NCCc2ccccc2)CC12CCOCC2. The van der Waals surface area contributed by atoms with Crippen molar-refractivity contribution in [1.82, 2.24) is 10.2 Å². The topological polar surface area (TPSA) is 50.8 Å². The maximum atomic E-state index is 12.6. The predicted octanol–water partition coefficient (Wildman–Crippen LogP) is 2.31. The molecule has 132 valence electrons. The maximum Gasteiger partial charge on any atom is 0.317 e. The molecule has 2 aliphatic rings. The number of carbonyl (C=O) groups excluding carboxylic acids is 1. The highest BCUT2D eigenvalue weighted by atomic mass is 16.5. The first-order chi connectivity index (χ1) is 11.7. The molecule has 1 aromatic rings. The molecule has 1 spiro atoms. The number of benzene rings is 1. The Morgan fingerprint density at radius 1 is 1.33 bits per heavy atom. The van der Waals surface area contributed by atoms with Crippen LogP contribution in [-0.4, -0.2) is 57.5 Å². The van der Waals surface area contributed by atoms with Crippen molar-refractivity contribution in [3.63, 3.8) is 0 Å². The predicted molar refractivity (Wildman–Crippen MR) is 93.0 cm³/mol. The fourth-order valence-electron chi connectivity index (χ4n) is 4.03. The first kappa shape index (κ1) is 17.2. The molecule has 0 aromatic heterocycles. The monoisotopic (exact) mass is 332 g/mol. The van der Waals surface area contributed by atoms with E-state index in [-0.39, 0.29) is 11.4 Å². The average Bonchev–Trinajstić information content (AvgIpc) is 2.95. The van der Waals surface area contributed by atoms with Gasteiger partial charge >= 0.3 is 6.03 Å². The van der Waals surface area contributed by atoms with Gasteiger partial charge in [-0.2, -0.15) is 0 Å². The van der Waals surface area contributed by atoms with Crippen molar-refractivity contribution in [2.24, 2.45) is 11.3 Å². The second-order valence-corrected chi connectivity index (χ2v) is 6.98. The standard InChI is InChI=1S/C19H28N2O3/c1-23-14-17-13-21(15-19(17)8-11-24-12-9-19)18(22)20-10-7-16-5-3-2-4-6-16/h2-6,17H,7-15H2,1H3,(H,20,22). The van der Waals surface area contributed by atoms with Gasteiger partial charge in [0.05, 0.1) is 6.61 Å². The summed E-state index contributed by atoms with van der Waals surface area (Å²) in [6.07, 6.45) is 2.91. The maximum absolute atomic E-state index is 12.6. The van der Waals surface area contributed by atoms with Gasteiger partial charge in [-0.05, 0) is 30.2 Å². The molecule has 2 amide bonds. The highest BCUT2D eigenvalue weighted by molar-refractivity contribution is 5.74. The Morgan fingerprint density at radius 3 is 2.79 bits per heavy atom. The number of amides is 2. The van der Waals surface area contributed by atoms with Crippen LogP contribution >= 0.6 is 0 Å². The van der Waals surface area contributed by atoms with Crippen LogP contribution < -0.4 is 5.32 Å². The van der Waals surface area contributed by atoms with Gasteiger partial charge in [-0.15, -0.1) is 0 Å². The van der Waals surface area contributed by atoms with E-state index in [4.69, 9.17) is 9.47 Å². The quantitative estimate of drug-likeness (QED) is 0.900. The summed E-state index contributed by atoms with van der Waals surface area (Å²) in [7, 11) is 1.75. The molecule has 1 atom stereocenters. The minimum atomic E-state index is 0.0513. The Morgan fingerprint density at radius 2 is 2.08 bits per heavy atom. The fraction of sp³-hybridized carbons (Fsp3) is 0.632. The molecule has 0 saturated carbocycles. The van der Waals surface area contributed by atoms with E-state index in [9.17, 15) is 4.79 Å². The van der Waals surface area contributed by atoms with E-state index < -0.39 is 0 Å². The molecule has 5 nitrogen and oxygen atoms in total. The van der Waals surface area contributed by atoms with Crippen LogP contribution in [0.1, 0.15) is 18.4 Å². The molecular weight excluding hydrogens is 304 g/mol. The summed E-state index contributed by atoms with van der Waals surface area (Å²) in [6, 6.07) is 10.3. The van der Waals surface area contributed by atoms with E-state index in [1.165, 1.54) is 5.56 Å². The molecule has 0 radical (unpaired) electrons. The summed E-state index contributed by atoms with van der Waals surface area (Å²) in [4.78, 5) is 14.5. The van der Waals surface area contributed by atoms with Gasteiger partial charge in [-0.3, -0.25) is 0 Å². The molecule has 0 aliphatic carbocycles. The summed E-state index contributed by atoms with van der Waals surface area (Å²) in [5.41, 5.74) is 1.42. The number of carbonyl (C=O) groups is 1. The summed E-state index contributed by atoms with van der Waals surface area (Å²) in [6.45, 7) is 4.58. The molecule has 2 aliphatic heterocycles. The molecule has 2 saturated heterocycles. The number of methoxy groups -OCH3 is 1. The summed E-state index contributed by atoms with van der Waals surface area (Å²) >= 11 is 0. The van der Waals surface area contributed by atoms with Gasteiger partial charge in [-0.25, -0.2) is 4.79 Å². The zero-order valence-electron chi connectivity index (χ0n) is 14.5. The van der Waals surface area contributed by atoms with Gasteiger partial charge in [0.25, 0.3) is 0 Å². The van der Waals surface area contributed by atoms with Gasteiger partial charge in [0.2, 0.25) is 0 Å². The van der Waals surface area contributed by atoms with Crippen LogP contribution in [0.3, 0.4) is 0 Å². The van der Waals surface area contributed by atoms with Crippen LogP contribution in [-0.2, 0) is 15.9 Å². The Kier molecular flexibility index (Phi) is 5.74. The number of nitrogens with zero attached hydrogens (tertiary/aromatic N) is 1. The van der Waals surface area contributed by atoms with Crippen molar-refractivity contribution in [3.05, 3.63) is 35.9 Å². The van der Waals surface area contributed by atoms with Crippen LogP contribution in [0.5, 0.6) is 0 Å². The van der Waals surface area contributed by atoms with E-state index in [1.54, 1.807) is 7.11 Å². The van der Waals surface area contributed by atoms with E-state index >= 15 is 0 Å². The number of hydrogen-bond donors (Lipinski definition) is 1. The minimum absolute atomic E-state index is 0.0513. The Bertz CT molecular complexity index is 529. The van der Waals surface area contributed by atoms with Crippen LogP contribution in [0.15, 0.2) is 30.3 Å². The lowest BCUT2D eigenvalue weighted by atomic mass is 9.72. The van der Waals surface area contributed by atoms with E-state index in [0.29, 0.717) is 19.1 Å². The number of ether oxygens (including phenoxy) is 2. The Hall–Kier alpha value is -1.59. The van der Waals surface area contributed by atoms with E-state index in [1.807, 2.05) is 23.1 Å². The lowest BCUT2D eigenvalue weighted by molar-refractivity contribution is -0.0166. The van der Waals surface area contributed by atoms with Gasteiger partial charge in [-0.1, -0.05) is 30.3 Å². The largest absolute Gasteiger partial charge is 0.384 e. The number of urea groups is 1. The van der Waals surface area contributed by atoms with E-state index in [2.05, 4.69) is 17.4 Å². The van der Waals surface area contributed by atoms with Crippen LogP contribution in [0.2, 0.25) is 0 Å². The first-order valence-electron chi connectivity index (χ1n) is 8.87. The first-order valence-corrected chi connectivity index (χ1v) is 8.87. The minimum Gasteiger partial charge on any atom is -0.384 e. The zero-order valence-corrected chi connectivity index (χ0v) is 14.5. The zero-order chi connectivity index (χ0) is 16.8. The molecule has 1 unspecified atom stereocenters.